The molecule has 1 aliphatic heterocycles. The van der Waals surface area contributed by atoms with Crippen molar-refractivity contribution >= 4 is 33.8 Å². The van der Waals surface area contributed by atoms with E-state index in [1.807, 2.05) is 24.4 Å². The number of carbonyl (C=O) groups excluding carboxylic acids is 1. The summed E-state index contributed by atoms with van der Waals surface area (Å²) in [6.07, 6.45) is -0.389. The highest BCUT2D eigenvalue weighted by Gasteiger charge is 2.32. The van der Waals surface area contributed by atoms with Crippen molar-refractivity contribution < 1.29 is 9.18 Å². The molecule has 1 saturated heterocycles. The van der Waals surface area contributed by atoms with Gasteiger partial charge in [0.05, 0.1) is 0 Å². The summed E-state index contributed by atoms with van der Waals surface area (Å²) in [6, 6.07) is 3.72. The van der Waals surface area contributed by atoms with Crippen molar-refractivity contribution in [3.63, 3.8) is 0 Å². The highest BCUT2D eigenvalue weighted by Crippen LogP contribution is 2.24. The maximum absolute atomic E-state index is 13.7. The number of hydrogen-bond acceptors (Lipinski definition) is 6. The molecular weight excluding hydrogens is 337 g/mol. The number of halogens is 1. The fraction of sp³-hybridized carbons (Fsp3) is 0.500. The number of aromatic nitrogens is 2. The molecule has 0 aromatic carbocycles. The molecule has 0 saturated carbocycles. The Hall–Kier alpha value is -1.58. The molecule has 2 aromatic rings. The first kappa shape index (κ1) is 16.3. The lowest BCUT2D eigenvalue weighted by atomic mass is 10.2. The first-order valence-corrected chi connectivity index (χ1v) is 9.05. The van der Waals surface area contributed by atoms with Gasteiger partial charge in [0.2, 0.25) is 5.13 Å². The van der Waals surface area contributed by atoms with E-state index in [-0.39, 0.29) is 12.1 Å². The maximum Gasteiger partial charge on any atom is 0.321 e. The molecule has 2 aromatic heterocycles. The summed E-state index contributed by atoms with van der Waals surface area (Å²) < 4.78 is 13.7. The Morgan fingerprint density at radius 3 is 3.09 bits per heavy atom. The fourth-order valence-corrected chi connectivity index (χ4v) is 3.95. The van der Waals surface area contributed by atoms with Crippen LogP contribution in [0.15, 0.2) is 17.5 Å². The number of likely N-dealkylation sites (tertiary alicyclic amines) is 1. The average Bonchev–Trinajstić information content (AvgIpc) is 3.21. The third-order valence-corrected chi connectivity index (χ3v) is 5.28. The van der Waals surface area contributed by atoms with E-state index in [4.69, 9.17) is 0 Å². The number of amides is 2. The molecule has 124 valence electrons. The van der Waals surface area contributed by atoms with Crippen molar-refractivity contribution in [3.05, 3.63) is 27.4 Å². The standard InChI is InChI=1S/C14H18FN5OS2/c1-9-18-19-14(23-9)17-13(21)16-6-11-5-10(15)7-20(11)8-12-3-2-4-22-12/h2-4,10-11H,5-8H2,1H3,(H2,16,17,19,21)/t10-,11-/m0/s1. The molecule has 3 rings (SSSR count). The van der Waals surface area contributed by atoms with E-state index in [9.17, 15) is 9.18 Å². The van der Waals surface area contributed by atoms with Crippen molar-refractivity contribution in [1.29, 1.82) is 0 Å². The van der Waals surface area contributed by atoms with E-state index in [0.717, 1.165) is 11.6 Å². The molecular formula is C14H18FN5OS2. The molecule has 1 aliphatic rings. The second kappa shape index (κ2) is 7.33. The molecule has 23 heavy (non-hydrogen) atoms. The van der Waals surface area contributed by atoms with Gasteiger partial charge in [0.15, 0.2) is 0 Å². The summed E-state index contributed by atoms with van der Waals surface area (Å²) in [5.41, 5.74) is 0. The molecule has 3 heterocycles. The number of carbonyl (C=O) groups is 1. The van der Waals surface area contributed by atoms with Gasteiger partial charge in [-0.2, -0.15) is 0 Å². The number of hydrogen-bond donors (Lipinski definition) is 2. The van der Waals surface area contributed by atoms with Crippen LogP contribution in [0.2, 0.25) is 0 Å². The van der Waals surface area contributed by atoms with Crippen LogP contribution >= 0.6 is 22.7 Å². The minimum Gasteiger partial charge on any atom is -0.336 e. The number of nitrogens with zero attached hydrogens (tertiary/aromatic N) is 3. The van der Waals surface area contributed by atoms with Gasteiger partial charge in [0.1, 0.15) is 11.2 Å². The molecule has 6 nitrogen and oxygen atoms in total. The molecule has 2 atom stereocenters. The normalized spacial score (nSPS) is 21.5. The van der Waals surface area contributed by atoms with E-state index in [1.54, 1.807) is 11.3 Å². The van der Waals surface area contributed by atoms with Crippen molar-refractivity contribution in [2.24, 2.45) is 0 Å². The summed E-state index contributed by atoms with van der Waals surface area (Å²) in [6.45, 7) is 3.38. The lowest BCUT2D eigenvalue weighted by molar-refractivity contribution is 0.225. The van der Waals surface area contributed by atoms with Gasteiger partial charge in [-0.05, 0) is 24.8 Å². The fourth-order valence-electron chi connectivity index (χ4n) is 2.63. The minimum atomic E-state index is -0.837. The Labute approximate surface area is 141 Å². The first-order chi connectivity index (χ1) is 11.1. The number of aryl methyl sites for hydroxylation is 1. The van der Waals surface area contributed by atoms with Crippen LogP contribution in [0.3, 0.4) is 0 Å². The van der Waals surface area contributed by atoms with Gasteiger partial charge in [-0.25, -0.2) is 9.18 Å². The molecule has 0 radical (unpaired) electrons. The van der Waals surface area contributed by atoms with Crippen LogP contribution in [0.1, 0.15) is 16.3 Å². The molecule has 2 N–H and O–H groups in total. The Morgan fingerprint density at radius 2 is 2.39 bits per heavy atom. The van der Waals surface area contributed by atoms with Crippen LogP contribution in [-0.2, 0) is 6.54 Å². The second-order valence-corrected chi connectivity index (χ2v) is 7.67. The van der Waals surface area contributed by atoms with Gasteiger partial charge in [-0.1, -0.05) is 17.4 Å². The monoisotopic (exact) mass is 355 g/mol. The third-order valence-electron chi connectivity index (χ3n) is 3.66. The zero-order valence-corrected chi connectivity index (χ0v) is 14.3. The van der Waals surface area contributed by atoms with Gasteiger partial charge in [-0.15, -0.1) is 21.5 Å². The summed E-state index contributed by atoms with van der Waals surface area (Å²) >= 11 is 2.98. The quantitative estimate of drug-likeness (QED) is 0.865. The van der Waals surface area contributed by atoms with Crippen molar-refractivity contribution in [1.82, 2.24) is 20.4 Å². The van der Waals surface area contributed by atoms with Crippen LogP contribution in [0.4, 0.5) is 14.3 Å². The smallest absolute Gasteiger partial charge is 0.321 e. The Kier molecular flexibility index (Phi) is 5.19. The van der Waals surface area contributed by atoms with Gasteiger partial charge in [0, 0.05) is 30.6 Å². The Bertz CT molecular complexity index is 647. The molecule has 0 unspecified atom stereocenters. The summed E-state index contributed by atoms with van der Waals surface area (Å²) in [4.78, 5) is 15.2. The predicted molar refractivity (Wildman–Crippen MR) is 89.7 cm³/mol. The summed E-state index contributed by atoms with van der Waals surface area (Å²) in [7, 11) is 0. The Balaban J connectivity index is 1.50. The average molecular weight is 355 g/mol. The van der Waals surface area contributed by atoms with Crippen LogP contribution in [0.5, 0.6) is 0 Å². The van der Waals surface area contributed by atoms with E-state index in [1.165, 1.54) is 16.2 Å². The van der Waals surface area contributed by atoms with Crippen molar-refractivity contribution in [3.8, 4) is 0 Å². The van der Waals surface area contributed by atoms with Crippen LogP contribution in [0, 0.1) is 6.92 Å². The number of alkyl halides is 1. The number of rotatable bonds is 5. The molecule has 1 fully saturated rings. The molecule has 9 heteroatoms. The van der Waals surface area contributed by atoms with Crippen molar-refractivity contribution in [2.75, 3.05) is 18.4 Å². The lowest BCUT2D eigenvalue weighted by Crippen LogP contribution is -2.41. The van der Waals surface area contributed by atoms with E-state index >= 15 is 0 Å². The van der Waals surface area contributed by atoms with Gasteiger partial charge >= 0.3 is 6.03 Å². The minimum absolute atomic E-state index is 0.00834. The summed E-state index contributed by atoms with van der Waals surface area (Å²) in [5, 5.41) is 16.4. The highest BCUT2D eigenvalue weighted by atomic mass is 32.1. The first-order valence-electron chi connectivity index (χ1n) is 7.35. The maximum atomic E-state index is 13.7. The second-order valence-electron chi connectivity index (χ2n) is 5.46. The largest absolute Gasteiger partial charge is 0.336 e. The molecule has 2 amide bonds. The van der Waals surface area contributed by atoms with Crippen molar-refractivity contribution in [2.45, 2.75) is 32.1 Å². The van der Waals surface area contributed by atoms with Gasteiger partial charge < -0.3 is 5.32 Å². The van der Waals surface area contributed by atoms with Crippen LogP contribution in [-0.4, -0.2) is 46.4 Å². The predicted octanol–water partition coefficient (Wildman–Crippen LogP) is 2.64. The van der Waals surface area contributed by atoms with Gasteiger partial charge in [-0.3, -0.25) is 10.2 Å². The number of nitrogens with one attached hydrogen (secondary N) is 2. The lowest BCUT2D eigenvalue weighted by Gasteiger charge is -2.23. The zero-order chi connectivity index (χ0) is 16.2. The van der Waals surface area contributed by atoms with Crippen LogP contribution in [0.25, 0.3) is 0 Å². The topological polar surface area (TPSA) is 70.1 Å². The number of urea groups is 1. The highest BCUT2D eigenvalue weighted by molar-refractivity contribution is 7.15. The molecule has 0 bridgehead atoms. The van der Waals surface area contributed by atoms with Crippen LogP contribution < -0.4 is 10.6 Å². The molecule has 0 aliphatic carbocycles. The number of anilines is 1. The zero-order valence-electron chi connectivity index (χ0n) is 12.7. The Morgan fingerprint density at radius 1 is 1.52 bits per heavy atom. The summed E-state index contributed by atoms with van der Waals surface area (Å²) in [5.74, 6) is 0. The molecule has 0 spiro atoms. The van der Waals surface area contributed by atoms with E-state index in [2.05, 4.69) is 25.7 Å². The van der Waals surface area contributed by atoms with E-state index in [0.29, 0.717) is 24.6 Å². The SMILES string of the molecule is Cc1nnc(NC(=O)NC[C@@H]2C[C@H](F)CN2Cc2cccs2)s1. The van der Waals surface area contributed by atoms with Gasteiger partial charge in [0.25, 0.3) is 0 Å². The van der Waals surface area contributed by atoms with E-state index < -0.39 is 6.17 Å². The number of thiophene rings is 1. The third kappa shape index (κ3) is 4.46.